The van der Waals surface area contributed by atoms with E-state index in [1.807, 2.05) is 28.5 Å². The van der Waals surface area contributed by atoms with Gasteiger partial charge in [0.15, 0.2) is 5.78 Å². The molecule has 0 atom stereocenters. The first kappa shape index (κ1) is 12.9. The average molecular weight is 265 g/mol. The van der Waals surface area contributed by atoms with Gasteiger partial charge in [0.05, 0.1) is 11.4 Å². The Labute approximate surface area is 109 Å². The Morgan fingerprint density at radius 2 is 2.33 bits per heavy atom. The molecule has 1 aromatic rings. The van der Waals surface area contributed by atoms with Gasteiger partial charge in [-0.1, -0.05) is 12.1 Å². The lowest BCUT2D eigenvalue weighted by Crippen LogP contribution is -2.40. The largest absolute Gasteiger partial charge is 0.292 e. The van der Waals surface area contributed by atoms with E-state index in [-0.39, 0.29) is 11.7 Å². The predicted octanol–water partition coefficient (Wildman–Crippen LogP) is 0.553. The molecule has 2 heterocycles. The predicted molar refractivity (Wildman–Crippen MR) is 70.1 cm³/mol. The van der Waals surface area contributed by atoms with Crippen LogP contribution in [0.15, 0.2) is 29.2 Å². The first-order valence-electron chi connectivity index (χ1n) is 5.69. The Kier molecular flexibility index (Phi) is 4.24. The second-order valence-electron chi connectivity index (χ2n) is 4.10. The van der Waals surface area contributed by atoms with E-state index in [4.69, 9.17) is 5.84 Å². The minimum Gasteiger partial charge on any atom is -0.292 e. The van der Waals surface area contributed by atoms with Crippen molar-refractivity contribution < 1.29 is 9.59 Å². The summed E-state index contributed by atoms with van der Waals surface area (Å²) in [7, 11) is 0. The molecule has 0 aliphatic carbocycles. The van der Waals surface area contributed by atoms with Gasteiger partial charge >= 0.3 is 0 Å². The molecule has 1 amide bonds. The Bertz CT molecular complexity index is 468. The topological polar surface area (TPSA) is 75.4 Å². The van der Waals surface area contributed by atoms with Crippen LogP contribution in [-0.2, 0) is 4.79 Å². The quantitative estimate of drug-likeness (QED) is 0.361. The molecule has 96 valence electrons. The summed E-state index contributed by atoms with van der Waals surface area (Å²) in [4.78, 5) is 26.1. The lowest BCUT2D eigenvalue weighted by Gasteiger charge is -2.25. The molecule has 1 aliphatic heterocycles. The molecule has 18 heavy (non-hydrogen) atoms. The highest BCUT2D eigenvalue weighted by atomic mass is 32.1. The van der Waals surface area contributed by atoms with Crippen molar-refractivity contribution >= 4 is 23.0 Å². The van der Waals surface area contributed by atoms with Gasteiger partial charge in [-0.15, -0.1) is 11.3 Å². The second kappa shape index (κ2) is 5.90. The fourth-order valence-corrected chi connectivity index (χ4v) is 2.57. The average Bonchev–Trinajstić information content (AvgIpc) is 2.92. The van der Waals surface area contributed by atoms with Gasteiger partial charge in [0.1, 0.15) is 0 Å². The molecule has 0 bridgehead atoms. The number of nitrogens with zero attached hydrogens (tertiary/aromatic N) is 1. The van der Waals surface area contributed by atoms with Crippen molar-refractivity contribution in [2.45, 2.75) is 6.42 Å². The van der Waals surface area contributed by atoms with Crippen LogP contribution in [0, 0.1) is 0 Å². The van der Waals surface area contributed by atoms with Gasteiger partial charge < -0.3 is 0 Å². The Balaban J connectivity index is 1.94. The molecule has 0 aromatic carbocycles. The third-order valence-electron chi connectivity index (χ3n) is 2.82. The normalized spacial score (nSPS) is 16.2. The maximum absolute atomic E-state index is 11.9. The van der Waals surface area contributed by atoms with Crippen LogP contribution in [0.25, 0.3) is 0 Å². The third kappa shape index (κ3) is 3.04. The molecule has 0 unspecified atom stereocenters. The van der Waals surface area contributed by atoms with Crippen LogP contribution in [0.3, 0.4) is 0 Å². The SMILES string of the molecule is NNC(=O)C1=CCCN(CC(=O)c2cccs2)C1. The van der Waals surface area contributed by atoms with E-state index in [0.717, 1.165) is 17.8 Å². The Morgan fingerprint density at radius 1 is 1.50 bits per heavy atom. The number of Topliss-reactive ketones (excluding diaryl/α,β-unsaturated/α-hetero) is 1. The van der Waals surface area contributed by atoms with Crippen molar-refractivity contribution in [1.29, 1.82) is 0 Å². The molecule has 0 saturated heterocycles. The van der Waals surface area contributed by atoms with Crippen LogP contribution in [0.4, 0.5) is 0 Å². The van der Waals surface area contributed by atoms with Crippen molar-refractivity contribution in [3.05, 3.63) is 34.0 Å². The minimum absolute atomic E-state index is 0.0967. The van der Waals surface area contributed by atoms with Crippen LogP contribution in [0.5, 0.6) is 0 Å². The summed E-state index contributed by atoms with van der Waals surface area (Å²) in [5.74, 6) is 4.92. The van der Waals surface area contributed by atoms with Crippen LogP contribution >= 0.6 is 11.3 Å². The molecule has 6 heteroatoms. The highest BCUT2D eigenvalue weighted by Gasteiger charge is 2.20. The van der Waals surface area contributed by atoms with Gasteiger partial charge in [0, 0.05) is 18.7 Å². The van der Waals surface area contributed by atoms with Crippen LogP contribution in [0.1, 0.15) is 16.1 Å². The van der Waals surface area contributed by atoms with Crippen LogP contribution in [-0.4, -0.2) is 36.2 Å². The van der Waals surface area contributed by atoms with E-state index in [2.05, 4.69) is 5.43 Å². The van der Waals surface area contributed by atoms with E-state index in [1.54, 1.807) is 0 Å². The first-order chi connectivity index (χ1) is 8.70. The number of ketones is 1. The van der Waals surface area contributed by atoms with Gasteiger partial charge in [-0.3, -0.25) is 19.9 Å². The van der Waals surface area contributed by atoms with Crippen molar-refractivity contribution in [2.75, 3.05) is 19.6 Å². The lowest BCUT2D eigenvalue weighted by atomic mass is 10.1. The fraction of sp³-hybridized carbons (Fsp3) is 0.333. The van der Waals surface area contributed by atoms with Gasteiger partial charge in [0.2, 0.25) is 0 Å². The van der Waals surface area contributed by atoms with Crippen molar-refractivity contribution in [3.63, 3.8) is 0 Å². The number of hydrogen-bond donors (Lipinski definition) is 2. The smallest absolute Gasteiger partial charge is 0.262 e. The summed E-state index contributed by atoms with van der Waals surface area (Å²) < 4.78 is 0. The second-order valence-corrected chi connectivity index (χ2v) is 5.05. The van der Waals surface area contributed by atoms with Gasteiger partial charge in [-0.2, -0.15) is 0 Å². The van der Waals surface area contributed by atoms with Crippen molar-refractivity contribution in [1.82, 2.24) is 10.3 Å². The number of rotatable bonds is 4. The number of thiophene rings is 1. The first-order valence-corrected chi connectivity index (χ1v) is 6.57. The fourth-order valence-electron chi connectivity index (χ4n) is 1.92. The molecule has 0 fully saturated rings. The zero-order chi connectivity index (χ0) is 13.0. The molecule has 1 aromatic heterocycles. The maximum Gasteiger partial charge on any atom is 0.262 e. The van der Waals surface area contributed by atoms with Crippen molar-refractivity contribution in [3.8, 4) is 0 Å². The van der Waals surface area contributed by atoms with E-state index in [9.17, 15) is 9.59 Å². The number of nitrogens with one attached hydrogen (secondary N) is 1. The van der Waals surface area contributed by atoms with Gasteiger partial charge in [0.25, 0.3) is 5.91 Å². The highest BCUT2D eigenvalue weighted by molar-refractivity contribution is 7.12. The zero-order valence-corrected chi connectivity index (χ0v) is 10.7. The van der Waals surface area contributed by atoms with E-state index in [0.29, 0.717) is 18.7 Å². The molecular weight excluding hydrogens is 250 g/mol. The number of carbonyl (C=O) groups excluding carboxylic acids is 2. The minimum atomic E-state index is -0.275. The van der Waals surface area contributed by atoms with E-state index in [1.165, 1.54) is 11.3 Å². The number of hydrogen-bond acceptors (Lipinski definition) is 5. The third-order valence-corrected chi connectivity index (χ3v) is 3.73. The Hall–Kier alpha value is -1.50. The number of nitrogens with two attached hydrogens (primary N) is 1. The lowest BCUT2D eigenvalue weighted by molar-refractivity contribution is -0.117. The summed E-state index contributed by atoms with van der Waals surface area (Å²) in [6.45, 7) is 1.61. The van der Waals surface area contributed by atoms with Crippen LogP contribution < -0.4 is 11.3 Å². The number of carbonyl (C=O) groups is 2. The standard InChI is InChI=1S/C12H15N3O2S/c13-14-12(17)9-3-1-5-15(7-9)8-10(16)11-4-2-6-18-11/h2-4,6H,1,5,7-8,13H2,(H,14,17). The molecule has 0 spiro atoms. The number of hydrazine groups is 1. The summed E-state index contributed by atoms with van der Waals surface area (Å²) >= 11 is 1.44. The van der Waals surface area contributed by atoms with Gasteiger partial charge in [-0.25, -0.2) is 5.84 Å². The van der Waals surface area contributed by atoms with E-state index < -0.39 is 0 Å². The van der Waals surface area contributed by atoms with Crippen LogP contribution in [0.2, 0.25) is 0 Å². The van der Waals surface area contributed by atoms with E-state index >= 15 is 0 Å². The van der Waals surface area contributed by atoms with Gasteiger partial charge in [-0.05, 0) is 17.9 Å². The summed E-state index contributed by atoms with van der Waals surface area (Å²) in [5, 5.41) is 1.89. The molecule has 1 aliphatic rings. The molecular formula is C12H15N3O2S. The molecule has 3 N–H and O–H groups in total. The summed E-state index contributed by atoms with van der Waals surface area (Å²) in [6.07, 6.45) is 2.63. The summed E-state index contributed by atoms with van der Waals surface area (Å²) in [5.41, 5.74) is 2.75. The number of amides is 1. The molecule has 2 rings (SSSR count). The highest BCUT2D eigenvalue weighted by Crippen LogP contribution is 2.13. The molecule has 0 saturated carbocycles. The Morgan fingerprint density at radius 3 is 3.00 bits per heavy atom. The monoisotopic (exact) mass is 265 g/mol. The van der Waals surface area contributed by atoms with Crippen molar-refractivity contribution in [2.24, 2.45) is 5.84 Å². The maximum atomic E-state index is 11.9. The molecule has 5 nitrogen and oxygen atoms in total. The zero-order valence-electron chi connectivity index (χ0n) is 9.89. The molecule has 0 radical (unpaired) electrons. The summed E-state index contributed by atoms with van der Waals surface area (Å²) in [6, 6.07) is 3.68.